The van der Waals surface area contributed by atoms with E-state index in [0.717, 1.165) is 17.7 Å². The maximum absolute atomic E-state index is 12.9. The minimum atomic E-state index is -2.60. The molecule has 27 heavy (non-hydrogen) atoms. The number of nitrogens with zero attached hydrogens (tertiary/aromatic N) is 3. The largest absolute Gasteiger partial charge is 0.354 e. The van der Waals surface area contributed by atoms with E-state index in [1.165, 1.54) is 7.05 Å². The lowest BCUT2D eigenvalue weighted by Crippen LogP contribution is -2.42. The predicted octanol–water partition coefficient (Wildman–Crippen LogP) is 1.58. The number of alkyl halides is 2. The Morgan fingerprint density at radius 1 is 1.26 bits per heavy atom. The van der Waals surface area contributed by atoms with Crippen molar-refractivity contribution in [2.45, 2.75) is 51.5 Å². The molecule has 0 spiro atoms. The highest BCUT2D eigenvalue weighted by molar-refractivity contribution is 5.90. The first kappa shape index (κ1) is 19.4. The number of carbonyl (C=O) groups is 2. The summed E-state index contributed by atoms with van der Waals surface area (Å²) in [6, 6.07) is -0.0591. The van der Waals surface area contributed by atoms with Crippen molar-refractivity contribution in [3.8, 4) is 0 Å². The van der Waals surface area contributed by atoms with Gasteiger partial charge in [-0.05, 0) is 26.2 Å². The van der Waals surface area contributed by atoms with Gasteiger partial charge in [0.1, 0.15) is 5.82 Å². The van der Waals surface area contributed by atoms with Gasteiger partial charge < -0.3 is 15.5 Å². The third kappa shape index (κ3) is 4.33. The van der Waals surface area contributed by atoms with Crippen LogP contribution in [0.2, 0.25) is 0 Å². The molecule has 2 fully saturated rings. The van der Waals surface area contributed by atoms with Crippen molar-refractivity contribution in [2.24, 2.45) is 5.92 Å². The summed E-state index contributed by atoms with van der Waals surface area (Å²) in [7, 11) is 1.53. The predicted molar refractivity (Wildman–Crippen MR) is 95.9 cm³/mol. The third-order valence-corrected chi connectivity index (χ3v) is 5.30. The lowest BCUT2D eigenvalue weighted by molar-refractivity contribution is -0.134. The number of hydrogen-bond donors (Lipinski definition) is 2. The zero-order valence-electron chi connectivity index (χ0n) is 15.8. The molecule has 1 saturated heterocycles. The van der Waals surface area contributed by atoms with Gasteiger partial charge in [-0.15, -0.1) is 0 Å². The number of rotatable bonds is 5. The maximum atomic E-state index is 12.9. The second-order valence-electron chi connectivity index (χ2n) is 7.49. The van der Waals surface area contributed by atoms with Crippen LogP contribution in [0.15, 0.2) is 0 Å². The minimum absolute atomic E-state index is 0.0591. The van der Waals surface area contributed by atoms with Crippen LogP contribution in [0.4, 0.5) is 14.6 Å². The molecule has 0 radical (unpaired) electrons. The van der Waals surface area contributed by atoms with Gasteiger partial charge in [0.2, 0.25) is 17.7 Å². The van der Waals surface area contributed by atoms with Crippen molar-refractivity contribution < 1.29 is 18.4 Å². The average molecular weight is 381 g/mol. The number of halogens is 2. The summed E-state index contributed by atoms with van der Waals surface area (Å²) in [5.74, 6) is -2.53. The Labute approximate surface area is 156 Å². The van der Waals surface area contributed by atoms with Crippen LogP contribution < -0.4 is 15.5 Å². The number of nitrogens with one attached hydrogen (secondary N) is 2. The normalized spacial score (nSPS) is 21.7. The van der Waals surface area contributed by atoms with Crippen LogP contribution in [0.1, 0.15) is 47.6 Å². The van der Waals surface area contributed by atoms with E-state index in [1.807, 2.05) is 18.7 Å². The van der Waals surface area contributed by atoms with Crippen LogP contribution >= 0.6 is 0 Å². The standard InChI is InChI=1S/C18H25F2N5O2/c1-10-11(2)22-15(17(27)21-3)24-16(10)25-5-4-13(9-25)23-14(26)6-12-7-18(19,20)8-12/h12-13H,4-9H2,1-3H3,(H,21,27)(H,23,26)/t13-/m1/s1. The van der Waals surface area contributed by atoms with Crippen LogP contribution in [-0.2, 0) is 4.79 Å². The van der Waals surface area contributed by atoms with Crippen LogP contribution in [0.5, 0.6) is 0 Å². The van der Waals surface area contributed by atoms with E-state index in [4.69, 9.17) is 0 Å². The Morgan fingerprint density at radius 3 is 2.59 bits per heavy atom. The number of aryl methyl sites for hydroxylation is 1. The summed E-state index contributed by atoms with van der Waals surface area (Å²) < 4.78 is 25.8. The van der Waals surface area contributed by atoms with Crippen LogP contribution in [-0.4, -0.2) is 53.9 Å². The van der Waals surface area contributed by atoms with Gasteiger partial charge in [0.15, 0.2) is 0 Å². The van der Waals surface area contributed by atoms with Gasteiger partial charge in [-0.2, -0.15) is 0 Å². The molecule has 0 unspecified atom stereocenters. The monoisotopic (exact) mass is 381 g/mol. The molecular formula is C18H25F2N5O2. The highest BCUT2D eigenvalue weighted by Crippen LogP contribution is 2.43. The molecule has 0 bridgehead atoms. The number of carbonyl (C=O) groups excluding carboxylic acids is 2. The topological polar surface area (TPSA) is 87.2 Å². The Kier molecular flexibility index (Phi) is 5.30. The summed E-state index contributed by atoms with van der Waals surface area (Å²) >= 11 is 0. The Hall–Kier alpha value is -2.32. The summed E-state index contributed by atoms with van der Waals surface area (Å²) in [4.78, 5) is 34.6. The molecule has 7 nitrogen and oxygen atoms in total. The Bertz CT molecular complexity index is 748. The zero-order valence-corrected chi connectivity index (χ0v) is 15.8. The number of amides is 2. The molecule has 148 valence electrons. The van der Waals surface area contributed by atoms with E-state index in [2.05, 4.69) is 20.6 Å². The van der Waals surface area contributed by atoms with Gasteiger partial charge in [0.05, 0.1) is 0 Å². The molecule has 3 rings (SSSR count). The van der Waals surface area contributed by atoms with Crippen molar-refractivity contribution in [2.75, 3.05) is 25.0 Å². The molecule has 1 aromatic rings. The highest BCUT2D eigenvalue weighted by atomic mass is 19.3. The summed E-state index contributed by atoms with van der Waals surface area (Å²) in [6.45, 7) is 4.99. The Morgan fingerprint density at radius 2 is 1.96 bits per heavy atom. The second-order valence-corrected chi connectivity index (χ2v) is 7.49. The molecule has 1 aliphatic carbocycles. The lowest BCUT2D eigenvalue weighted by Gasteiger charge is -2.34. The van der Waals surface area contributed by atoms with Crippen molar-refractivity contribution in [1.82, 2.24) is 20.6 Å². The van der Waals surface area contributed by atoms with Crippen LogP contribution in [0.25, 0.3) is 0 Å². The second kappa shape index (κ2) is 7.36. The third-order valence-electron chi connectivity index (χ3n) is 5.30. The molecule has 2 N–H and O–H groups in total. The van der Waals surface area contributed by atoms with Crippen molar-refractivity contribution in [3.05, 3.63) is 17.1 Å². The summed E-state index contributed by atoms with van der Waals surface area (Å²) in [5.41, 5.74) is 1.63. The van der Waals surface area contributed by atoms with Crippen molar-refractivity contribution in [1.29, 1.82) is 0 Å². The number of hydrogen-bond acceptors (Lipinski definition) is 5. The molecule has 2 amide bonds. The van der Waals surface area contributed by atoms with E-state index in [1.54, 1.807) is 0 Å². The van der Waals surface area contributed by atoms with E-state index in [0.29, 0.717) is 18.9 Å². The highest BCUT2D eigenvalue weighted by Gasteiger charge is 2.45. The van der Waals surface area contributed by atoms with Gasteiger partial charge in [0, 0.05) is 56.7 Å². The maximum Gasteiger partial charge on any atom is 0.288 e. The first-order valence-corrected chi connectivity index (χ1v) is 9.18. The van der Waals surface area contributed by atoms with Crippen molar-refractivity contribution in [3.63, 3.8) is 0 Å². The molecule has 0 aromatic carbocycles. The SMILES string of the molecule is CNC(=O)c1nc(C)c(C)c(N2CC[C@@H](NC(=O)CC3CC(F)(F)C3)C2)n1. The smallest absolute Gasteiger partial charge is 0.288 e. The zero-order chi connectivity index (χ0) is 19.8. The van der Waals surface area contributed by atoms with Gasteiger partial charge in [0.25, 0.3) is 5.91 Å². The molecule has 1 atom stereocenters. The molecular weight excluding hydrogens is 356 g/mol. The Balaban J connectivity index is 1.60. The van der Waals surface area contributed by atoms with Gasteiger partial charge in [-0.3, -0.25) is 9.59 Å². The fraction of sp³-hybridized carbons (Fsp3) is 0.667. The lowest BCUT2D eigenvalue weighted by atomic mass is 9.79. The van der Waals surface area contributed by atoms with E-state index >= 15 is 0 Å². The summed E-state index contributed by atoms with van der Waals surface area (Å²) in [5, 5.41) is 5.46. The van der Waals surface area contributed by atoms with E-state index in [-0.39, 0.29) is 48.9 Å². The number of anilines is 1. The fourth-order valence-electron chi connectivity index (χ4n) is 3.68. The molecule has 9 heteroatoms. The average Bonchev–Trinajstić information content (AvgIpc) is 3.02. The van der Waals surface area contributed by atoms with Gasteiger partial charge in [-0.1, -0.05) is 0 Å². The molecule has 1 aliphatic heterocycles. The van der Waals surface area contributed by atoms with E-state index in [9.17, 15) is 18.4 Å². The van der Waals surface area contributed by atoms with Gasteiger partial charge >= 0.3 is 0 Å². The molecule has 1 aromatic heterocycles. The number of aromatic nitrogens is 2. The first-order chi connectivity index (χ1) is 12.7. The van der Waals surface area contributed by atoms with Gasteiger partial charge in [-0.25, -0.2) is 18.7 Å². The quantitative estimate of drug-likeness (QED) is 0.809. The van der Waals surface area contributed by atoms with Crippen LogP contribution in [0.3, 0.4) is 0 Å². The van der Waals surface area contributed by atoms with Crippen molar-refractivity contribution >= 4 is 17.6 Å². The first-order valence-electron chi connectivity index (χ1n) is 9.18. The minimum Gasteiger partial charge on any atom is -0.354 e. The van der Waals surface area contributed by atoms with E-state index < -0.39 is 5.92 Å². The molecule has 2 aliphatic rings. The fourth-order valence-corrected chi connectivity index (χ4v) is 3.68. The molecule has 1 saturated carbocycles. The molecule has 2 heterocycles. The van der Waals surface area contributed by atoms with Crippen LogP contribution in [0, 0.1) is 19.8 Å². The summed E-state index contributed by atoms with van der Waals surface area (Å²) in [6.07, 6.45) is 0.501.